The van der Waals surface area contributed by atoms with Crippen LogP contribution in [-0.4, -0.2) is 25.7 Å². The molecular weight excluding hydrogens is 260 g/mol. The van der Waals surface area contributed by atoms with E-state index in [1.54, 1.807) is 11.3 Å². The van der Waals surface area contributed by atoms with E-state index < -0.39 is 5.41 Å². The number of carbonyl (C=O) groups excluding carboxylic acids is 1. The molecule has 1 fully saturated rings. The van der Waals surface area contributed by atoms with Crippen molar-refractivity contribution in [3.63, 3.8) is 0 Å². The number of nitrogens with two attached hydrogens (primary N) is 1. The number of hydrogen-bond donors (Lipinski definition) is 2. The van der Waals surface area contributed by atoms with Crippen LogP contribution < -0.4 is 11.1 Å². The number of carbonyl (C=O) groups is 1. The summed E-state index contributed by atoms with van der Waals surface area (Å²) in [6, 6.07) is 2.14. The summed E-state index contributed by atoms with van der Waals surface area (Å²) in [5, 5.41) is 3.04. The summed E-state index contributed by atoms with van der Waals surface area (Å²) < 4.78 is 5.33. The zero-order chi connectivity index (χ0) is 13.9. The third kappa shape index (κ3) is 3.16. The third-order valence-corrected chi connectivity index (χ3v) is 5.12. The first-order valence-corrected chi connectivity index (χ1v) is 7.51. The number of thiophene rings is 1. The Bertz CT molecular complexity index is 431. The van der Waals surface area contributed by atoms with E-state index in [2.05, 4.69) is 25.2 Å². The Balaban J connectivity index is 1.96. The van der Waals surface area contributed by atoms with Gasteiger partial charge in [-0.2, -0.15) is 0 Å². The van der Waals surface area contributed by atoms with Gasteiger partial charge in [-0.15, -0.1) is 11.3 Å². The maximum Gasteiger partial charge on any atom is 0.227 e. The van der Waals surface area contributed by atoms with E-state index >= 15 is 0 Å². The van der Waals surface area contributed by atoms with Crippen LogP contribution in [0.15, 0.2) is 6.07 Å². The van der Waals surface area contributed by atoms with Gasteiger partial charge >= 0.3 is 0 Å². The highest BCUT2D eigenvalue weighted by Gasteiger charge is 2.38. The quantitative estimate of drug-likeness (QED) is 0.884. The smallest absolute Gasteiger partial charge is 0.227 e. The van der Waals surface area contributed by atoms with Gasteiger partial charge in [0.25, 0.3) is 0 Å². The first kappa shape index (κ1) is 14.5. The highest BCUT2D eigenvalue weighted by molar-refractivity contribution is 7.12. The Morgan fingerprint density at radius 1 is 1.47 bits per heavy atom. The van der Waals surface area contributed by atoms with Crippen molar-refractivity contribution < 1.29 is 9.53 Å². The van der Waals surface area contributed by atoms with Gasteiger partial charge in [0.1, 0.15) is 0 Å². The maximum atomic E-state index is 12.4. The lowest BCUT2D eigenvalue weighted by Gasteiger charge is -2.34. The van der Waals surface area contributed by atoms with Gasteiger partial charge in [0, 0.05) is 29.5 Å². The summed E-state index contributed by atoms with van der Waals surface area (Å²) in [4.78, 5) is 14.9. The van der Waals surface area contributed by atoms with E-state index in [9.17, 15) is 4.79 Å². The van der Waals surface area contributed by atoms with Crippen molar-refractivity contribution in [2.75, 3.05) is 19.8 Å². The van der Waals surface area contributed by atoms with Gasteiger partial charge in [0.05, 0.1) is 12.0 Å². The second-order valence-electron chi connectivity index (χ2n) is 5.23. The number of aryl methyl sites for hydroxylation is 2. The third-order valence-electron chi connectivity index (χ3n) is 3.96. The lowest BCUT2D eigenvalue weighted by atomic mass is 9.79. The van der Waals surface area contributed by atoms with Crippen LogP contribution >= 0.6 is 11.3 Å². The molecule has 5 heteroatoms. The Morgan fingerprint density at radius 3 is 2.68 bits per heavy atom. The first-order valence-electron chi connectivity index (χ1n) is 6.69. The van der Waals surface area contributed by atoms with Gasteiger partial charge in [0.2, 0.25) is 5.91 Å². The molecule has 1 aromatic rings. The summed E-state index contributed by atoms with van der Waals surface area (Å²) in [6.45, 7) is 6.44. The summed E-state index contributed by atoms with van der Waals surface area (Å²) in [6.07, 6.45) is 1.44. The SMILES string of the molecule is Cc1cc(CNC(=O)C2(CN)CCOCC2)sc1C. The van der Waals surface area contributed by atoms with E-state index in [1.165, 1.54) is 15.3 Å². The maximum absolute atomic E-state index is 12.4. The van der Waals surface area contributed by atoms with Crippen molar-refractivity contribution in [2.45, 2.75) is 33.2 Å². The summed E-state index contributed by atoms with van der Waals surface area (Å²) in [7, 11) is 0. The van der Waals surface area contributed by atoms with Crippen LogP contribution in [0, 0.1) is 19.3 Å². The molecule has 2 rings (SSSR count). The fraction of sp³-hybridized carbons (Fsp3) is 0.643. The van der Waals surface area contributed by atoms with Gasteiger partial charge in [-0.05, 0) is 38.3 Å². The lowest BCUT2D eigenvalue weighted by Crippen LogP contribution is -2.48. The van der Waals surface area contributed by atoms with Gasteiger partial charge in [-0.25, -0.2) is 0 Å². The molecule has 0 radical (unpaired) electrons. The minimum atomic E-state index is -0.431. The van der Waals surface area contributed by atoms with Gasteiger partial charge < -0.3 is 15.8 Å². The van der Waals surface area contributed by atoms with E-state index in [1.807, 2.05) is 0 Å². The first-order chi connectivity index (χ1) is 9.07. The molecule has 1 amide bonds. The van der Waals surface area contributed by atoms with Crippen molar-refractivity contribution in [2.24, 2.45) is 11.1 Å². The average molecular weight is 282 g/mol. The summed E-state index contributed by atoms with van der Waals surface area (Å²) in [5.41, 5.74) is 6.68. The average Bonchev–Trinajstić information content (AvgIpc) is 2.76. The number of nitrogens with one attached hydrogen (secondary N) is 1. The number of hydrogen-bond acceptors (Lipinski definition) is 4. The molecule has 1 saturated heterocycles. The molecular formula is C14H22N2O2S. The Hall–Kier alpha value is -0.910. The molecule has 0 unspecified atom stereocenters. The normalized spacial score (nSPS) is 18.3. The van der Waals surface area contributed by atoms with Crippen molar-refractivity contribution >= 4 is 17.2 Å². The molecule has 4 nitrogen and oxygen atoms in total. The minimum absolute atomic E-state index is 0.0713. The molecule has 19 heavy (non-hydrogen) atoms. The topological polar surface area (TPSA) is 64.4 Å². The molecule has 1 aliphatic rings. The van der Waals surface area contributed by atoms with Crippen LogP contribution in [0.4, 0.5) is 0 Å². The standard InChI is InChI=1S/C14H22N2O2S/c1-10-7-12(19-11(10)2)8-16-13(17)14(9-15)3-5-18-6-4-14/h7H,3-6,8-9,15H2,1-2H3,(H,16,17). The molecule has 3 N–H and O–H groups in total. The monoisotopic (exact) mass is 282 g/mol. The largest absolute Gasteiger partial charge is 0.381 e. The minimum Gasteiger partial charge on any atom is -0.381 e. The van der Waals surface area contributed by atoms with Gasteiger partial charge in [0.15, 0.2) is 0 Å². The predicted octanol–water partition coefficient (Wildman–Crippen LogP) is 1.74. The molecule has 0 aliphatic carbocycles. The van der Waals surface area contributed by atoms with Crippen LogP contribution in [0.5, 0.6) is 0 Å². The van der Waals surface area contributed by atoms with E-state index in [0.717, 1.165) is 12.8 Å². The number of rotatable bonds is 4. The van der Waals surface area contributed by atoms with E-state index in [0.29, 0.717) is 26.3 Å². The Morgan fingerprint density at radius 2 is 2.16 bits per heavy atom. The number of ether oxygens (including phenoxy) is 1. The second kappa shape index (κ2) is 6.03. The second-order valence-corrected chi connectivity index (χ2v) is 6.57. The highest BCUT2D eigenvalue weighted by Crippen LogP contribution is 2.30. The van der Waals surface area contributed by atoms with Crippen LogP contribution in [0.2, 0.25) is 0 Å². The zero-order valence-electron chi connectivity index (χ0n) is 11.6. The fourth-order valence-corrected chi connectivity index (χ4v) is 3.37. The zero-order valence-corrected chi connectivity index (χ0v) is 12.4. The summed E-state index contributed by atoms with van der Waals surface area (Å²) >= 11 is 1.74. The lowest BCUT2D eigenvalue weighted by molar-refractivity contribution is -0.136. The van der Waals surface area contributed by atoms with E-state index in [4.69, 9.17) is 10.5 Å². The molecule has 1 aromatic heterocycles. The van der Waals surface area contributed by atoms with Crippen LogP contribution in [0.1, 0.15) is 28.2 Å². The molecule has 0 bridgehead atoms. The van der Waals surface area contributed by atoms with Crippen molar-refractivity contribution in [1.29, 1.82) is 0 Å². The van der Waals surface area contributed by atoms with Crippen molar-refractivity contribution in [1.82, 2.24) is 5.32 Å². The predicted molar refractivity (Wildman–Crippen MR) is 77.2 cm³/mol. The molecule has 0 atom stereocenters. The fourth-order valence-electron chi connectivity index (χ4n) is 2.38. The highest BCUT2D eigenvalue weighted by atomic mass is 32.1. The molecule has 2 heterocycles. The van der Waals surface area contributed by atoms with E-state index in [-0.39, 0.29) is 5.91 Å². The molecule has 0 saturated carbocycles. The van der Waals surface area contributed by atoms with Crippen LogP contribution in [0.3, 0.4) is 0 Å². The number of amides is 1. The van der Waals surface area contributed by atoms with Crippen LogP contribution in [0.25, 0.3) is 0 Å². The van der Waals surface area contributed by atoms with Gasteiger partial charge in [-0.3, -0.25) is 4.79 Å². The molecule has 106 valence electrons. The Kier molecular flexibility index (Phi) is 4.60. The molecule has 0 spiro atoms. The Labute approximate surface area is 118 Å². The van der Waals surface area contributed by atoms with Gasteiger partial charge in [-0.1, -0.05) is 0 Å². The van der Waals surface area contributed by atoms with Crippen molar-refractivity contribution in [3.8, 4) is 0 Å². The molecule has 0 aromatic carbocycles. The van der Waals surface area contributed by atoms with Crippen LogP contribution in [-0.2, 0) is 16.1 Å². The molecule has 1 aliphatic heterocycles. The van der Waals surface area contributed by atoms with Crippen molar-refractivity contribution in [3.05, 3.63) is 21.4 Å². The summed E-state index contributed by atoms with van der Waals surface area (Å²) in [5.74, 6) is 0.0713.